The van der Waals surface area contributed by atoms with Crippen molar-refractivity contribution in [1.82, 2.24) is 5.32 Å². The van der Waals surface area contributed by atoms with Crippen molar-refractivity contribution in [2.24, 2.45) is 0 Å². The van der Waals surface area contributed by atoms with E-state index in [4.69, 9.17) is 44.9 Å². The van der Waals surface area contributed by atoms with Gasteiger partial charge >= 0.3 is 5.97 Å². The normalized spacial score (nSPS) is 24.2. The molecule has 2 heterocycles. The summed E-state index contributed by atoms with van der Waals surface area (Å²) in [5, 5.41) is 7.30. The van der Waals surface area contributed by atoms with E-state index >= 15 is 0 Å². The van der Waals surface area contributed by atoms with Crippen LogP contribution in [0.3, 0.4) is 0 Å². The Hall–Kier alpha value is -3.20. The van der Waals surface area contributed by atoms with Crippen LogP contribution in [-0.2, 0) is 19.7 Å². The number of hydrogen-bond donors (Lipinski definition) is 2. The number of hydrogen-bond acceptors (Lipinski definition) is 5. The average molecular weight is 614 g/mol. The van der Waals surface area contributed by atoms with Gasteiger partial charge in [0.2, 0.25) is 11.5 Å². The standard InChI is InChI=1S/C31H27Cl2FN2O4S/c1-16-4-7-19(34)14-20(16)27-31(22-8-5-18(33)13-24(22)35-28(31)37)23(15-26(41)36-27)21-12-17(32)6-9-25(21)40-30(10-3-11-30)29(38)39-2/h4-9,12-14,23,27H,3,10-11,15H2,1-2H3,(H,35,37)(H,36,41). The lowest BCUT2D eigenvalue weighted by atomic mass is 9.59. The predicted molar refractivity (Wildman–Crippen MR) is 159 cm³/mol. The molecule has 10 heteroatoms. The van der Waals surface area contributed by atoms with Crippen LogP contribution in [0.2, 0.25) is 10.0 Å². The number of nitrogens with one attached hydrogen (secondary N) is 2. The topological polar surface area (TPSA) is 76.7 Å². The van der Waals surface area contributed by atoms with E-state index in [1.54, 1.807) is 36.4 Å². The molecule has 2 fully saturated rings. The molecule has 0 radical (unpaired) electrons. The highest BCUT2D eigenvalue weighted by Gasteiger charge is 2.61. The van der Waals surface area contributed by atoms with Crippen LogP contribution >= 0.6 is 35.4 Å². The minimum absolute atomic E-state index is 0.275. The molecule has 41 heavy (non-hydrogen) atoms. The van der Waals surface area contributed by atoms with Gasteiger partial charge in [0.1, 0.15) is 17.0 Å². The maximum absolute atomic E-state index is 14.7. The molecule has 3 aromatic rings. The summed E-state index contributed by atoms with van der Waals surface area (Å²) in [6.07, 6.45) is 2.10. The van der Waals surface area contributed by atoms with E-state index < -0.39 is 34.8 Å². The first-order valence-electron chi connectivity index (χ1n) is 13.3. The van der Waals surface area contributed by atoms with Crippen molar-refractivity contribution < 1.29 is 23.5 Å². The maximum atomic E-state index is 14.7. The number of thiocarbonyl (C=S) groups is 1. The number of amides is 1. The predicted octanol–water partition coefficient (Wildman–Crippen LogP) is 6.95. The molecule has 1 aliphatic carbocycles. The molecule has 1 saturated heterocycles. The Morgan fingerprint density at radius 2 is 1.78 bits per heavy atom. The quantitative estimate of drug-likeness (QED) is 0.240. The number of benzene rings is 3. The van der Waals surface area contributed by atoms with Crippen molar-refractivity contribution >= 4 is 58.0 Å². The van der Waals surface area contributed by atoms with Crippen molar-refractivity contribution in [2.45, 2.75) is 55.6 Å². The number of esters is 1. The van der Waals surface area contributed by atoms with Gasteiger partial charge in [0.25, 0.3) is 0 Å². The number of rotatable bonds is 5. The number of fused-ring (bicyclic) bond motifs is 2. The Morgan fingerprint density at radius 1 is 1.05 bits per heavy atom. The molecule has 6 nitrogen and oxygen atoms in total. The smallest absolute Gasteiger partial charge is 0.350 e. The first-order chi connectivity index (χ1) is 19.6. The van der Waals surface area contributed by atoms with Gasteiger partial charge in [-0.05, 0) is 85.3 Å². The van der Waals surface area contributed by atoms with Gasteiger partial charge in [-0.3, -0.25) is 4.79 Å². The molecule has 1 amide bonds. The fourth-order valence-corrected chi connectivity index (χ4v) is 7.21. The van der Waals surface area contributed by atoms with Gasteiger partial charge < -0.3 is 20.1 Å². The maximum Gasteiger partial charge on any atom is 0.350 e. The van der Waals surface area contributed by atoms with Crippen LogP contribution in [0.5, 0.6) is 5.75 Å². The van der Waals surface area contributed by atoms with Gasteiger partial charge in [0.05, 0.1) is 18.1 Å². The lowest BCUT2D eigenvalue weighted by Gasteiger charge is -2.48. The molecular formula is C31H27Cl2FN2O4S. The molecule has 3 aromatic carbocycles. The van der Waals surface area contributed by atoms with Crippen molar-refractivity contribution in [1.29, 1.82) is 0 Å². The van der Waals surface area contributed by atoms with Gasteiger partial charge in [0.15, 0.2) is 0 Å². The van der Waals surface area contributed by atoms with Gasteiger partial charge in [-0.25, -0.2) is 9.18 Å². The molecule has 1 spiro atoms. The highest BCUT2D eigenvalue weighted by Crippen LogP contribution is 2.59. The second kappa shape index (κ2) is 10.3. The summed E-state index contributed by atoms with van der Waals surface area (Å²) in [5.74, 6) is -1.36. The van der Waals surface area contributed by atoms with Crippen LogP contribution in [0.25, 0.3) is 0 Å². The summed E-state index contributed by atoms with van der Waals surface area (Å²) in [7, 11) is 1.34. The minimum atomic E-state index is -1.30. The van der Waals surface area contributed by atoms with Crippen molar-refractivity contribution in [3.05, 3.63) is 92.7 Å². The summed E-state index contributed by atoms with van der Waals surface area (Å²) in [5.41, 5.74) is 0.844. The van der Waals surface area contributed by atoms with Gasteiger partial charge in [-0.2, -0.15) is 0 Å². The summed E-state index contributed by atoms with van der Waals surface area (Å²) < 4.78 is 26.3. The number of piperidine rings is 1. The Kier molecular flexibility index (Phi) is 6.99. The van der Waals surface area contributed by atoms with Crippen LogP contribution < -0.4 is 15.4 Å². The van der Waals surface area contributed by atoms with Crippen LogP contribution in [0.1, 0.15) is 59.9 Å². The third-order valence-corrected chi connectivity index (χ3v) is 9.43. The Labute approximate surface area is 252 Å². The van der Waals surface area contributed by atoms with E-state index in [-0.39, 0.29) is 12.3 Å². The summed E-state index contributed by atoms with van der Waals surface area (Å²) >= 11 is 18.7. The Bertz CT molecular complexity index is 1610. The number of aryl methyl sites for hydroxylation is 1. The summed E-state index contributed by atoms with van der Waals surface area (Å²) in [6.45, 7) is 1.87. The van der Waals surface area contributed by atoms with E-state index in [1.807, 2.05) is 13.0 Å². The third-order valence-electron chi connectivity index (χ3n) is 8.67. The molecule has 3 atom stereocenters. The molecule has 2 aliphatic heterocycles. The van der Waals surface area contributed by atoms with E-state index in [2.05, 4.69) is 10.6 Å². The molecule has 6 rings (SSSR count). The molecular weight excluding hydrogens is 586 g/mol. The van der Waals surface area contributed by atoms with E-state index in [0.717, 1.165) is 12.0 Å². The number of anilines is 1. The van der Waals surface area contributed by atoms with Gasteiger partial charge in [0, 0.05) is 33.6 Å². The number of halogens is 3. The summed E-state index contributed by atoms with van der Waals surface area (Å²) in [6, 6.07) is 14.2. The van der Waals surface area contributed by atoms with Crippen LogP contribution in [0.15, 0.2) is 54.6 Å². The Balaban J connectivity index is 1.61. The number of methoxy groups -OCH3 is 1. The molecule has 0 aromatic heterocycles. The first-order valence-corrected chi connectivity index (χ1v) is 14.5. The third kappa shape index (κ3) is 4.39. The zero-order chi connectivity index (χ0) is 29.1. The molecule has 3 unspecified atom stereocenters. The van der Waals surface area contributed by atoms with Crippen LogP contribution in [-0.4, -0.2) is 29.6 Å². The Morgan fingerprint density at radius 3 is 2.49 bits per heavy atom. The summed E-state index contributed by atoms with van der Waals surface area (Å²) in [4.78, 5) is 27.7. The average Bonchev–Trinajstić information content (AvgIpc) is 3.20. The molecule has 212 valence electrons. The highest BCUT2D eigenvalue weighted by atomic mass is 35.5. The van der Waals surface area contributed by atoms with Gasteiger partial charge in [-0.15, -0.1) is 0 Å². The van der Waals surface area contributed by atoms with Gasteiger partial charge in [-0.1, -0.05) is 47.6 Å². The van der Waals surface area contributed by atoms with Crippen molar-refractivity contribution in [3.63, 3.8) is 0 Å². The van der Waals surface area contributed by atoms with E-state index in [9.17, 15) is 14.0 Å². The molecule has 3 aliphatic rings. The van der Waals surface area contributed by atoms with Crippen molar-refractivity contribution in [2.75, 3.05) is 12.4 Å². The molecule has 0 bridgehead atoms. The first kappa shape index (κ1) is 27.9. The SMILES string of the molecule is COC(=O)C1(Oc2ccc(Cl)cc2C2CC(=S)NC(c3cc(F)ccc3C)C23C(=O)Nc2cc(Cl)ccc23)CCC1. The van der Waals surface area contributed by atoms with Crippen molar-refractivity contribution in [3.8, 4) is 5.75 Å². The lowest BCUT2D eigenvalue weighted by molar-refractivity contribution is -0.167. The lowest BCUT2D eigenvalue weighted by Crippen LogP contribution is -2.57. The van der Waals surface area contributed by atoms with E-state index in [1.165, 1.54) is 19.2 Å². The fourth-order valence-electron chi connectivity index (χ4n) is 6.57. The number of carbonyl (C=O) groups excluding carboxylic acids is 2. The minimum Gasteiger partial charge on any atom is -0.475 e. The van der Waals surface area contributed by atoms with Crippen LogP contribution in [0.4, 0.5) is 10.1 Å². The largest absolute Gasteiger partial charge is 0.475 e. The monoisotopic (exact) mass is 612 g/mol. The van der Waals surface area contributed by atoms with E-state index in [0.29, 0.717) is 56.0 Å². The zero-order valence-electron chi connectivity index (χ0n) is 22.4. The molecule has 1 saturated carbocycles. The zero-order valence-corrected chi connectivity index (χ0v) is 24.7. The second-order valence-electron chi connectivity index (χ2n) is 10.9. The second-order valence-corrected chi connectivity index (χ2v) is 12.3. The van der Waals surface area contributed by atoms with Crippen LogP contribution in [0, 0.1) is 12.7 Å². The highest BCUT2D eigenvalue weighted by molar-refractivity contribution is 7.80. The fraction of sp³-hybridized carbons (Fsp3) is 0.323. The molecule has 2 N–H and O–H groups in total. The number of carbonyl (C=O) groups is 2. The number of ether oxygens (including phenoxy) is 2.